The number of hydrogen-bond donors (Lipinski definition) is 1. The summed E-state index contributed by atoms with van der Waals surface area (Å²) in [5.74, 6) is 1.72. The fourth-order valence-corrected chi connectivity index (χ4v) is 4.35. The lowest BCUT2D eigenvalue weighted by atomic mass is 9.64. The molecule has 3 heteroatoms. The van der Waals surface area contributed by atoms with Gasteiger partial charge in [0.05, 0.1) is 18.2 Å². The van der Waals surface area contributed by atoms with E-state index >= 15 is 0 Å². The molecule has 1 spiro atoms. The molecule has 24 heavy (non-hydrogen) atoms. The van der Waals surface area contributed by atoms with Crippen molar-refractivity contribution in [1.82, 2.24) is 0 Å². The Morgan fingerprint density at radius 2 is 2.00 bits per heavy atom. The maximum atomic E-state index is 6.28. The number of amidine groups is 1. The molecule has 5 rings (SSSR count). The number of fused-ring (bicyclic) bond motifs is 3. The highest BCUT2D eigenvalue weighted by Crippen LogP contribution is 2.53. The van der Waals surface area contributed by atoms with E-state index in [1.54, 1.807) is 7.11 Å². The topological polar surface area (TPSA) is 47.6 Å². The van der Waals surface area contributed by atoms with Crippen LogP contribution < -0.4 is 10.5 Å². The normalized spacial score (nSPS) is 19.4. The first-order valence-corrected chi connectivity index (χ1v) is 8.57. The Hall–Kier alpha value is -2.55. The van der Waals surface area contributed by atoms with E-state index in [9.17, 15) is 0 Å². The van der Waals surface area contributed by atoms with Crippen molar-refractivity contribution in [2.45, 2.75) is 31.1 Å². The molecule has 1 aliphatic heterocycles. The monoisotopic (exact) mass is 316 g/mol. The number of rotatable bonds is 2. The van der Waals surface area contributed by atoms with Crippen molar-refractivity contribution in [3.05, 3.63) is 58.7 Å². The van der Waals surface area contributed by atoms with Gasteiger partial charge in [-0.25, -0.2) is 4.99 Å². The number of ether oxygens (including phenoxy) is 1. The minimum absolute atomic E-state index is 0.0197. The van der Waals surface area contributed by atoms with Crippen LogP contribution in [0.25, 0.3) is 11.6 Å². The summed E-state index contributed by atoms with van der Waals surface area (Å²) in [7, 11) is 1.75. The number of nitrogens with zero attached hydrogens (tertiary/aromatic N) is 1. The third kappa shape index (κ3) is 1.70. The van der Waals surface area contributed by atoms with Crippen molar-refractivity contribution in [3.8, 4) is 5.75 Å². The van der Waals surface area contributed by atoms with E-state index in [1.807, 2.05) is 0 Å². The second-order valence-corrected chi connectivity index (χ2v) is 7.05. The van der Waals surface area contributed by atoms with E-state index in [-0.39, 0.29) is 5.41 Å². The number of methoxy groups -OCH3 is 1. The molecule has 3 aliphatic rings. The van der Waals surface area contributed by atoms with Crippen molar-refractivity contribution in [1.29, 1.82) is 0 Å². The van der Waals surface area contributed by atoms with E-state index in [0.29, 0.717) is 0 Å². The summed E-state index contributed by atoms with van der Waals surface area (Å²) < 4.78 is 5.75. The van der Waals surface area contributed by atoms with Gasteiger partial charge in [-0.15, -0.1) is 0 Å². The highest BCUT2D eigenvalue weighted by Gasteiger charge is 2.47. The second kappa shape index (κ2) is 4.73. The smallest absolute Gasteiger partial charge is 0.126 e. The zero-order valence-electron chi connectivity index (χ0n) is 13.8. The van der Waals surface area contributed by atoms with Crippen molar-refractivity contribution < 1.29 is 4.74 Å². The summed E-state index contributed by atoms with van der Waals surface area (Å²) in [6.07, 6.45) is 6.63. The molecule has 3 nitrogen and oxygen atoms in total. The van der Waals surface area contributed by atoms with Crippen LogP contribution in [0.2, 0.25) is 0 Å². The van der Waals surface area contributed by atoms with Gasteiger partial charge in [0.2, 0.25) is 0 Å². The first-order chi connectivity index (χ1) is 11.7. The van der Waals surface area contributed by atoms with E-state index in [4.69, 9.17) is 15.5 Å². The van der Waals surface area contributed by atoms with Crippen LogP contribution in [0.5, 0.6) is 5.75 Å². The second-order valence-electron chi connectivity index (χ2n) is 7.05. The van der Waals surface area contributed by atoms with Crippen molar-refractivity contribution in [3.63, 3.8) is 0 Å². The lowest BCUT2D eigenvalue weighted by Crippen LogP contribution is -2.44. The zero-order chi connectivity index (χ0) is 16.3. The molecule has 0 radical (unpaired) electrons. The Labute approximate surface area is 141 Å². The average Bonchev–Trinajstić information content (AvgIpc) is 3.10. The molecule has 2 aliphatic carbocycles. The maximum Gasteiger partial charge on any atom is 0.126 e. The Kier molecular flexibility index (Phi) is 2.73. The van der Waals surface area contributed by atoms with Crippen LogP contribution >= 0.6 is 0 Å². The SMILES string of the molecule is COc1cc2c(cc1C1=Cc3ccccc3C1)N=C(N)C21CCC1. The summed E-state index contributed by atoms with van der Waals surface area (Å²) in [4.78, 5) is 4.70. The van der Waals surface area contributed by atoms with Crippen LogP contribution in [-0.2, 0) is 11.8 Å². The molecule has 0 bridgehead atoms. The van der Waals surface area contributed by atoms with Crippen LogP contribution in [0.4, 0.5) is 5.69 Å². The minimum atomic E-state index is -0.0197. The molecule has 2 N–H and O–H groups in total. The van der Waals surface area contributed by atoms with E-state index in [2.05, 4.69) is 42.5 Å². The lowest BCUT2D eigenvalue weighted by Gasteiger charge is -2.39. The highest BCUT2D eigenvalue weighted by molar-refractivity contribution is 6.01. The van der Waals surface area contributed by atoms with Gasteiger partial charge in [-0.05, 0) is 53.7 Å². The summed E-state index contributed by atoms with van der Waals surface area (Å²) in [6, 6.07) is 12.9. The highest BCUT2D eigenvalue weighted by atomic mass is 16.5. The standard InChI is InChI=1S/C21H20N2O/c1-24-19-12-17-18(23-20(22)21(17)7-4-8-21)11-16(19)15-9-13-5-2-3-6-14(13)10-15/h2-3,5-6,9,11-12H,4,7-8,10H2,1H3,(H2,22,23). The zero-order valence-corrected chi connectivity index (χ0v) is 13.8. The Morgan fingerprint density at radius 3 is 2.71 bits per heavy atom. The van der Waals surface area contributed by atoms with Gasteiger partial charge in [-0.3, -0.25) is 0 Å². The Morgan fingerprint density at radius 1 is 1.17 bits per heavy atom. The molecular weight excluding hydrogens is 296 g/mol. The molecule has 120 valence electrons. The number of nitrogens with two attached hydrogens (primary N) is 1. The molecule has 0 atom stereocenters. The number of benzene rings is 2. The first kappa shape index (κ1) is 13.8. The Bertz CT molecular complexity index is 919. The van der Waals surface area contributed by atoms with Crippen LogP contribution in [0, 0.1) is 0 Å². The van der Waals surface area contributed by atoms with E-state index < -0.39 is 0 Å². The summed E-state index contributed by atoms with van der Waals surface area (Å²) >= 11 is 0. The molecule has 0 unspecified atom stereocenters. The van der Waals surface area contributed by atoms with Gasteiger partial charge in [0.15, 0.2) is 0 Å². The molecule has 1 fully saturated rings. The van der Waals surface area contributed by atoms with Crippen LogP contribution in [0.3, 0.4) is 0 Å². The summed E-state index contributed by atoms with van der Waals surface area (Å²) in [5.41, 5.74) is 13.6. The third-order valence-electron chi connectivity index (χ3n) is 5.88. The van der Waals surface area contributed by atoms with Gasteiger partial charge in [0.1, 0.15) is 11.6 Å². The van der Waals surface area contributed by atoms with E-state index in [1.165, 1.54) is 28.7 Å². The van der Waals surface area contributed by atoms with Gasteiger partial charge in [0, 0.05) is 5.56 Å². The fraction of sp³-hybridized carbons (Fsp3) is 0.286. The van der Waals surface area contributed by atoms with Gasteiger partial charge in [0.25, 0.3) is 0 Å². The molecule has 0 aromatic heterocycles. The molecule has 2 aromatic carbocycles. The fourth-order valence-electron chi connectivity index (χ4n) is 4.35. The molecule has 1 saturated carbocycles. The van der Waals surface area contributed by atoms with Crippen molar-refractivity contribution >= 4 is 23.2 Å². The molecule has 2 aromatic rings. The van der Waals surface area contributed by atoms with E-state index in [0.717, 1.165) is 42.1 Å². The molecule has 0 saturated heterocycles. The average molecular weight is 316 g/mol. The van der Waals surface area contributed by atoms with Crippen molar-refractivity contribution in [2.24, 2.45) is 10.7 Å². The molecular formula is C21H20N2O. The summed E-state index contributed by atoms with van der Waals surface area (Å²) in [6.45, 7) is 0. The number of allylic oxidation sites excluding steroid dienone is 1. The molecule has 0 amide bonds. The third-order valence-corrected chi connectivity index (χ3v) is 5.88. The first-order valence-electron chi connectivity index (χ1n) is 8.57. The summed E-state index contributed by atoms with van der Waals surface area (Å²) in [5, 5.41) is 0. The minimum Gasteiger partial charge on any atom is -0.496 e. The maximum absolute atomic E-state index is 6.28. The largest absolute Gasteiger partial charge is 0.496 e. The van der Waals surface area contributed by atoms with Crippen LogP contribution in [-0.4, -0.2) is 12.9 Å². The lowest BCUT2D eigenvalue weighted by molar-refractivity contribution is 0.342. The predicted octanol–water partition coefficient (Wildman–Crippen LogP) is 4.22. The van der Waals surface area contributed by atoms with Gasteiger partial charge >= 0.3 is 0 Å². The molecule has 1 heterocycles. The van der Waals surface area contributed by atoms with Crippen molar-refractivity contribution in [2.75, 3.05) is 7.11 Å². The number of aliphatic imine (C=N–C) groups is 1. The van der Waals surface area contributed by atoms with Crippen LogP contribution in [0.15, 0.2) is 41.4 Å². The van der Waals surface area contributed by atoms with Crippen LogP contribution in [0.1, 0.15) is 41.5 Å². The van der Waals surface area contributed by atoms with Gasteiger partial charge in [-0.2, -0.15) is 0 Å². The van der Waals surface area contributed by atoms with Gasteiger partial charge in [-0.1, -0.05) is 36.8 Å². The Balaban J connectivity index is 1.63. The number of hydrogen-bond acceptors (Lipinski definition) is 3. The van der Waals surface area contributed by atoms with Gasteiger partial charge < -0.3 is 10.5 Å². The quantitative estimate of drug-likeness (QED) is 0.902. The predicted molar refractivity (Wildman–Crippen MR) is 97.8 cm³/mol.